The third kappa shape index (κ3) is 5.32. The van der Waals surface area contributed by atoms with Crippen molar-refractivity contribution in [3.05, 3.63) is 78.0 Å². The number of amides is 1. The summed E-state index contributed by atoms with van der Waals surface area (Å²) in [5.41, 5.74) is 6.57. The van der Waals surface area contributed by atoms with Crippen LogP contribution in [0.25, 0.3) is 0 Å². The molecular formula is C18H18N2O3. The Morgan fingerprint density at radius 3 is 2.39 bits per heavy atom. The number of hydrogen-bond acceptors (Lipinski definition) is 4. The molecular weight excluding hydrogens is 292 g/mol. The summed E-state index contributed by atoms with van der Waals surface area (Å²) in [4.78, 5) is 23.6. The zero-order chi connectivity index (χ0) is 16.5. The van der Waals surface area contributed by atoms with Crippen LogP contribution in [0.3, 0.4) is 0 Å². The lowest BCUT2D eigenvalue weighted by molar-refractivity contribution is -0.121. The van der Waals surface area contributed by atoms with Crippen LogP contribution in [0.2, 0.25) is 0 Å². The maximum absolute atomic E-state index is 11.9. The van der Waals surface area contributed by atoms with Crippen LogP contribution in [0.15, 0.2) is 66.9 Å². The number of rotatable bonds is 7. The largest absolute Gasteiger partial charge is 0.497 e. The molecule has 2 rings (SSSR count). The third-order valence-electron chi connectivity index (χ3n) is 3.11. The zero-order valence-electron chi connectivity index (χ0n) is 12.8. The quantitative estimate of drug-likeness (QED) is 0.468. The van der Waals surface area contributed by atoms with E-state index in [-0.39, 0.29) is 18.1 Å². The van der Waals surface area contributed by atoms with Crippen LogP contribution in [-0.4, -0.2) is 18.8 Å². The molecule has 0 aliphatic rings. The lowest BCUT2D eigenvalue weighted by atomic mass is 10.1. The molecule has 0 spiro atoms. The summed E-state index contributed by atoms with van der Waals surface area (Å²) in [5, 5.41) is 0. The van der Waals surface area contributed by atoms with Gasteiger partial charge in [0.2, 0.25) is 5.91 Å². The molecule has 118 valence electrons. The number of carbonyl (C=O) groups is 2. The minimum absolute atomic E-state index is 0.169. The van der Waals surface area contributed by atoms with Gasteiger partial charge in [0.05, 0.1) is 13.5 Å². The molecule has 2 aromatic rings. The Labute approximate surface area is 134 Å². The van der Waals surface area contributed by atoms with Gasteiger partial charge < -0.3 is 10.2 Å². The second-order valence-corrected chi connectivity index (χ2v) is 4.78. The van der Waals surface area contributed by atoms with Gasteiger partial charge in [-0.25, -0.2) is 0 Å². The predicted molar refractivity (Wildman–Crippen MR) is 87.9 cm³/mol. The summed E-state index contributed by atoms with van der Waals surface area (Å²) in [6.45, 7) is 0. The second kappa shape index (κ2) is 8.38. The molecule has 1 amide bonds. The van der Waals surface area contributed by atoms with Gasteiger partial charge in [0.25, 0.3) is 0 Å². The Morgan fingerprint density at radius 1 is 1.04 bits per heavy atom. The van der Waals surface area contributed by atoms with Crippen molar-refractivity contribution in [2.75, 3.05) is 7.11 Å². The zero-order valence-corrected chi connectivity index (χ0v) is 12.8. The summed E-state index contributed by atoms with van der Waals surface area (Å²) >= 11 is 0. The van der Waals surface area contributed by atoms with Gasteiger partial charge in [-0.2, -0.15) is 0 Å². The Bertz CT molecular complexity index is 679. The van der Waals surface area contributed by atoms with Gasteiger partial charge in [-0.15, -0.1) is 0 Å². The van der Waals surface area contributed by atoms with Crippen molar-refractivity contribution >= 4 is 11.7 Å². The van der Waals surface area contributed by atoms with E-state index in [9.17, 15) is 9.59 Å². The summed E-state index contributed by atoms with van der Waals surface area (Å²) in [6, 6.07) is 16.2. The van der Waals surface area contributed by atoms with Crippen molar-refractivity contribution in [1.29, 1.82) is 0 Å². The Morgan fingerprint density at radius 2 is 1.74 bits per heavy atom. The molecule has 0 radical (unpaired) electrons. The van der Waals surface area contributed by atoms with E-state index in [1.807, 2.05) is 30.3 Å². The number of ketones is 1. The molecule has 0 aliphatic heterocycles. The van der Waals surface area contributed by atoms with Crippen LogP contribution in [0.1, 0.15) is 15.9 Å². The number of nitrogens with one attached hydrogen (secondary N) is 2. The first-order valence-corrected chi connectivity index (χ1v) is 7.12. The molecule has 0 saturated heterocycles. The summed E-state index contributed by atoms with van der Waals surface area (Å²) in [5.74, 6) is 0.340. The molecule has 2 N–H and O–H groups in total. The fourth-order valence-electron chi connectivity index (χ4n) is 1.92. The van der Waals surface area contributed by atoms with Gasteiger partial charge in [0, 0.05) is 17.8 Å². The molecule has 0 fully saturated rings. The van der Waals surface area contributed by atoms with Crippen LogP contribution >= 0.6 is 0 Å². The maximum atomic E-state index is 11.9. The van der Waals surface area contributed by atoms with Crippen LogP contribution in [0.4, 0.5) is 0 Å². The SMILES string of the molecule is COc1ccc(C(=O)/C=C/NNC(=O)Cc2ccccc2)cc1. The maximum Gasteiger partial charge on any atom is 0.242 e. The molecule has 0 atom stereocenters. The van der Waals surface area contributed by atoms with Gasteiger partial charge in [0.1, 0.15) is 5.75 Å². The molecule has 0 bridgehead atoms. The van der Waals surface area contributed by atoms with Gasteiger partial charge in [-0.1, -0.05) is 30.3 Å². The number of hydrazine groups is 1. The van der Waals surface area contributed by atoms with Gasteiger partial charge in [-0.05, 0) is 29.8 Å². The fourth-order valence-corrected chi connectivity index (χ4v) is 1.92. The Hall–Kier alpha value is -3.08. The summed E-state index contributed by atoms with van der Waals surface area (Å²) < 4.78 is 5.03. The van der Waals surface area contributed by atoms with E-state index in [0.29, 0.717) is 11.3 Å². The van der Waals surface area contributed by atoms with E-state index in [0.717, 1.165) is 5.56 Å². The topological polar surface area (TPSA) is 67.4 Å². The average molecular weight is 310 g/mol. The van der Waals surface area contributed by atoms with Crippen molar-refractivity contribution in [3.63, 3.8) is 0 Å². The van der Waals surface area contributed by atoms with E-state index >= 15 is 0 Å². The molecule has 2 aromatic carbocycles. The predicted octanol–water partition coefficient (Wildman–Crippen LogP) is 2.26. The number of hydrogen-bond donors (Lipinski definition) is 2. The van der Waals surface area contributed by atoms with E-state index in [1.54, 1.807) is 31.4 Å². The molecule has 0 aromatic heterocycles. The van der Waals surface area contributed by atoms with Crippen molar-refractivity contribution in [2.24, 2.45) is 0 Å². The molecule has 0 aliphatic carbocycles. The normalized spacial score (nSPS) is 10.3. The first kappa shape index (κ1) is 16.3. The van der Waals surface area contributed by atoms with Crippen LogP contribution < -0.4 is 15.6 Å². The number of methoxy groups -OCH3 is 1. The van der Waals surface area contributed by atoms with Crippen molar-refractivity contribution in [2.45, 2.75) is 6.42 Å². The monoisotopic (exact) mass is 310 g/mol. The number of carbonyl (C=O) groups excluding carboxylic acids is 2. The molecule has 0 unspecified atom stereocenters. The molecule has 0 saturated carbocycles. The summed E-state index contributed by atoms with van der Waals surface area (Å²) in [6.07, 6.45) is 3.02. The standard InChI is InChI=1S/C18H18N2O3/c1-23-16-9-7-15(8-10-16)17(21)11-12-19-20-18(22)13-14-5-3-2-4-6-14/h2-12,19H,13H2,1H3,(H,20,22)/b12-11+. The average Bonchev–Trinajstić information content (AvgIpc) is 2.59. The smallest absolute Gasteiger partial charge is 0.242 e. The number of allylic oxidation sites excluding steroid dienone is 1. The molecule has 23 heavy (non-hydrogen) atoms. The van der Waals surface area contributed by atoms with E-state index < -0.39 is 0 Å². The van der Waals surface area contributed by atoms with Crippen LogP contribution in [0.5, 0.6) is 5.75 Å². The number of ether oxygens (including phenoxy) is 1. The fraction of sp³-hybridized carbons (Fsp3) is 0.111. The van der Waals surface area contributed by atoms with E-state index in [2.05, 4.69) is 10.9 Å². The summed E-state index contributed by atoms with van der Waals surface area (Å²) in [7, 11) is 1.57. The van der Waals surface area contributed by atoms with Gasteiger partial charge >= 0.3 is 0 Å². The highest BCUT2D eigenvalue weighted by molar-refractivity contribution is 6.04. The van der Waals surface area contributed by atoms with E-state index in [1.165, 1.54) is 12.3 Å². The van der Waals surface area contributed by atoms with Crippen molar-refractivity contribution < 1.29 is 14.3 Å². The van der Waals surface area contributed by atoms with Crippen LogP contribution in [-0.2, 0) is 11.2 Å². The minimum atomic E-state index is -0.183. The first-order chi connectivity index (χ1) is 11.2. The Balaban J connectivity index is 1.77. The molecule has 0 heterocycles. The highest BCUT2D eigenvalue weighted by atomic mass is 16.5. The highest BCUT2D eigenvalue weighted by Gasteiger charge is 2.02. The third-order valence-corrected chi connectivity index (χ3v) is 3.11. The number of benzene rings is 2. The molecule has 5 heteroatoms. The van der Waals surface area contributed by atoms with Crippen molar-refractivity contribution in [3.8, 4) is 5.75 Å². The van der Waals surface area contributed by atoms with Crippen LogP contribution in [0, 0.1) is 0 Å². The van der Waals surface area contributed by atoms with Crippen molar-refractivity contribution in [1.82, 2.24) is 10.9 Å². The minimum Gasteiger partial charge on any atom is -0.497 e. The van der Waals surface area contributed by atoms with E-state index in [4.69, 9.17) is 4.74 Å². The molecule has 5 nitrogen and oxygen atoms in total. The Kier molecular flexibility index (Phi) is 5.94. The lowest BCUT2D eigenvalue weighted by Crippen LogP contribution is -2.34. The van der Waals surface area contributed by atoms with Gasteiger partial charge in [0.15, 0.2) is 5.78 Å². The van der Waals surface area contributed by atoms with Gasteiger partial charge in [-0.3, -0.25) is 15.0 Å². The second-order valence-electron chi connectivity index (χ2n) is 4.78. The lowest BCUT2D eigenvalue weighted by Gasteiger charge is -2.04. The highest BCUT2D eigenvalue weighted by Crippen LogP contribution is 2.11. The first-order valence-electron chi connectivity index (χ1n) is 7.12.